The maximum absolute atomic E-state index is 12.4. The van der Waals surface area contributed by atoms with E-state index >= 15 is 0 Å². The van der Waals surface area contributed by atoms with E-state index in [-0.39, 0.29) is 12.1 Å². The van der Waals surface area contributed by atoms with Crippen LogP contribution in [0.1, 0.15) is 35.6 Å². The molecule has 0 radical (unpaired) electrons. The minimum Gasteiger partial charge on any atom is -0.461 e. The monoisotopic (exact) mass is 436 g/mol. The van der Waals surface area contributed by atoms with E-state index in [1.807, 2.05) is 84.9 Å². The molecule has 4 rings (SSSR count). The molecule has 4 aromatic rings. The van der Waals surface area contributed by atoms with Gasteiger partial charge in [0.2, 0.25) is 0 Å². The zero-order valence-corrected chi connectivity index (χ0v) is 18.6. The molecule has 166 valence electrons. The molecule has 3 heteroatoms. The largest absolute Gasteiger partial charge is 0.461 e. The molecule has 0 aromatic heterocycles. The third-order valence-corrected chi connectivity index (χ3v) is 5.51. The van der Waals surface area contributed by atoms with E-state index in [1.165, 1.54) is 0 Å². The lowest BCUT2D eigenvalue weighted by Gasteiger charge is -2.19. The summed E-state index contributed by atoms with van der Waals surface area (Å²) in [7, 11) is 0. The molecular weight excluding hydrogens is 408 g/mol. The molecule has 33 heavy (non-hydrogen) atoms. The number of carbonyl (C=O) groups is 1. The summed E-state index contributed by atoms with van der Waals surface area (Å²) in [6.07, 6.45) is 0.638. The number of carbonyl (C=O) groups excluding carboxylic acids is 1. The first-order valence-corrected chi connectivity index (χ1v) is 11.3. The van der Waals surface area contributed by atoms with Crippen LogP contribution in [0.3, 0.4) is 0 Å². The topological polar surface area (TPSA) is 35.5 Å². The summed E-state index contributed by atoms with van der Waals surface area (Å²) in [5, 5.41) is 0. The third-order valence-electron chi connectivity index (χ3n) is 5.51. The molecule has 0 saturated carbocycles. The van der Waals surface area contributed by atoms with Crippen molar-refractivity contribution in [3.63, 3.8) is 0 Å². The van der Waals surface area contributed by atoms with Crippen molar-refractivity contribution < 1.29 is 14.3 Å². The fourth-order valence-corrected chi connectivity index (χ4v) is 3.73. The van der Waals surface area contributed by atoms with Crippen molar-refractivity contribution in [2.24, 2.45) is 0 Å². The van der Waals surface area contributed by atoms with E-state index in [1.54, 1.807) is 0 Å². The second-order valence-corrected chi connectivity index (χ2v) is 7.96. The first-order chi connectivity index (χ1) is 16.3. The summed E-state index contributed by atoms with van der Waals surface area (Å²) >= 11 is 0. The average Bonchev–Trinajstić information content (AvgIpc) is 2.89. The maximum atomic E-state index is 12.4. The van der Waals surface area contributed by atoms with Gasteiger partial charge in [-0.15, -0.1) is 0 Å². The van der Waals surface area contributed by atoms with Crippen LogP contribution >= 0.6 is 0 Å². The maximum Gasteiger partial charge on any atom is 0.306 e. The fraction of sp³-hybridized carbons (Fsp3) is 0.167. The normalized spacial score (nSPS) is 11.6. The molecular formula is C30H28O3. The van der Waals surface area contributed by atoms with Gasteiger partial charge in [0.15, 0.2) is 0 Å². The molecule has 0 N–H and O–H groups in total. The molecule has 1 atom stereocenters. The predicted octanol–water partition coefficient (Wildman–Crippen LogP) is 7.14. The standard InChI is InChI=1S/C30H28O3/c31-30(33-23-25-13-6-2-7-14-25)20-19-29(32-22-24-11-4-1-5-12-24)28-18-10-17-27(21-28)26-15-8-3-9-16-26/h1-18,21,29H,19-20,22-23H2. The van der Waals surface area contributed by atoms with Gasteiger partial charge in [-0.05, 0) is 40.3 Å². The molecule has 0 bridgehead atoms. The Morgan fingerprint density at radius 1 is 0.636 bits per heavy atom. The third kappa shape index (κ3) is 6.90. The smallest absolute Gasteiger partial charge is 0.306 e. The lowest BCUT2D eigenvalue weighted by Crippen LogP contribution is -2.10. The Kier molecular flexibility index (Phi) is 8.04. The lowest BCUT2D eigenvalue weighted by atomic mass is 9.98. The minimum atomic E-state index is -0.216. The Morgan fingerprint density at radius 3 is 1.88 bits per heavy atom. The molecule has 0 aliphatic heterocycles. The molecule has 1 unspecified atom stereocenters. The second kappa shape index (κ2) is 11.8. The minimum absolute atomic E-state index is 0.210. The summed E-state index contributed by atoms with van der Waals surface area (Å²) in [5.74, 6) is -0.216. The van der Waals surface area contributed by atoms with Crippen molar-refractivity contribution in [3.05, 3.63) is 132 Å². The summed E-state index contributed by atoms with van der Waals surface area (Å²) in [5.41, 5.74) is 5.44. The Hall–Kier alpha value is -3.69. The van der Waals surface area contributed by atoms with Crippen LogP contribution in [0.15, 0.2) is 115 Å². The van der Waals surface area contributed by atoms with E-state index in [2.05, 4.69) is 30.3 Å². The van der Waals surface area contributed by atoms with Crippen LogP contribution < -0.4 is 0 Å². The number of hydrogen-bond acceptors (Lipinski definition) is 3. The quantitative estimate of drug-likeness (QED) is 0.248. The van der Waals surface area contributed by atoms with Crippen molar-refractivity contribution in [2.45, 2.75) is 32.2 Å². The molecule has 4 aromatic carbocycles. The fourth-order valence-electron chi connectivity index (χ4n) is 3.73. The van der Waals surface area contributed by atoms with E-state index in [0.717, 1.165) is 27.8 Å². The van der Waals surface area contributed by atoms with Gasteiger partial charge in [0.05, 0.1) is 12.7 Å². The van der Waals surface area contributed by atoms with Gasteiger partial charge >= 0.3 is 5.97 Å². The van der Waals surface area contributed by atoms with Crippen LogP contribution in [0.4, 0.5) is 0 Å². The van der Waals surface area contributed by atoms with Gasteiger partial charge in [-0.25, -0.2) is 0 Å². The molecule has 0 fully saturated rings. The van der Waals surface area contributed by atoms with Crippen molar-refractivity contribution in [2.75, 3.05) is 0 Å². The van der Waals surface area contributed by atoms with E-state index < -0.39 is 0 Å². The second-order valence-electron chi connectivity index (χ2n) is 7.96. The molecule has 0 aliphatic rings. The van der Waals surface area contributed by atoms with Gasteiger partial charge in [-0.3, -0.25) is 4.79 Å². The van der Waals surface area contributed by atoms with Crippen molar-refractivity contribution in [1.29, 1.82) is 0 Å². The van der Waals surface area contributed by atoms with Crippen LogP contribution in [0.2, 0.25) is 0 Å². The van der Waals surface area contributed by atoms with Crippen LogP contribution in [0.5, 0.6) is 0 Å². The Bertz CT molecular complexity index is 1120. The van der Waals surface area contributed by atoms with Gasteiger partial charge in [0.25, 0.3) is 0 Å². The van der Waals surface area contributed by atoms with Gasteiger partial charge < -0.3 is 9.47 Å². The molecule has 3 nitrogen and oxygen atoms in total. The first-order valence-electron chi connectivity index (χ1n) is 11.3. The summed E-state index contributed by atoms with van der Waals surface area (Å²) < 4.78 is 11.8. The number of benzene rings is 4. The van der Waals surface area contributed by atoms with E-state index in [0.29, 0.717) is 26.1 Å². The summed E-state index contributed by atoms with van der Waals surface area (Å²) in [6.45, 7) is 0.777. The lowest BCUT2D eigenvalue weighted by molar-refractivity contribution is -0.145. The average molecular weight is 437 g/mol. The number of esters is 1. The molecule has 0 saturated heterocycles. The number of ether oxygens (including phenoxy) is 2. The SMILES string of the molecule is O=C(CCC(OCc1ccccc1)c1cccc(-c2ccccc2)c1)OCc1ccccc1. The van der Waals surface area contributed by atoms with Crippen molar-refractivity contribution in [1.82, 2.24) is 0 Å². The first kappa shape index (κ1) is 22.5. The molecule has 0 aliphatic carbocycles. The van der Waals surface area contributed by atoms with Crippen LogP contribution in [-0.2, 0) is 27.5 Å². The van der Waals surface area contributed by atoms with Crippen molar-refractivity contribution in [3.8, 4) is 11.1 Å². The zero-order chi connectivity index (χ0) is 22.7. The van der Waals surface area contributed by atoms with Crippen LogP contribution in [0, 0.1) is 0 Å². The van der Waals surface area contributed by atoms with Gasteiger partial charge in [0.1, 0.15) is 6.61 Å². The van der Waals surface area contributed by atoms with E-state index in [4.69, 9.17) is 9.47 Å². The summed E-state index contributed by atoms with van der Waals surface area (Å²) in [6, 6.07) is 38.5. The van der Waals surface area contributed by atoms with Crippen LogP contribution in [0.25, 0.3) is 11.1 Å². The van der Waals surface area contributed by atoms with E-state index in [9.17, 15) is 4.79 Å². The van der Waals surface area contributed by atoms with Crippen LogP contribution in [-0.4, -0.2) is 5.97 Å². The highest BCUT2D eigenvalue weighted by atomic mass is 16.5. The molecule has 0 spiro atoms. The molecule has 0 amide bonds. The Morgan fingerprint density at radius 2 is 1.21 bits per heavy atom. The van der Waals surface area contributed by atoms with Gasteiger partial charge in [0, 0.05) is 6.42 Å². The highest BCUT2D eigenvalue weighted by molar-refractivity contribution is 5.69. The zero-order valence-electron chi connectivity index (χ0n) is 18.6. The van der Waals surface area contributed by atoms with Gasteiger partial charge in [-0.2, -0.15) is 0 Å². The van der Waals surface area contributed by atoms with Gasteiger partial charge in [-0.1, -0.05) is 109 Å². The number of rotatable bonds is 10. The summed E-state index contributed by atoms with van der Waals surface area (Å²) in [4.78, 5) is 12.4. The highest BCUT2D eigenvalue weighted by Crippen LogP contribution is 2.29. The Balaban J connectivity index is 1.44. The highest BCUT2D eigenvalue weighted by Gasteiger charge is 2.16. The van der Waals surface area contributed by atoms with Crippen molar-refractivity contribution >= 4 is 5.97 Å². The molecule has 0 heterocycles. The Labute approximate surface area is 195 Å². The number of hydrogen-bond donors (Lipinski definition) is 0. The predicted molar refractivity (Wildman–Crippen MR) is 131 cm³/mol.